The average Bonchev–Trinajstić information content (AvgIpc) is 2.54. The van der Waals surface area contributed by atoms with Crippen molar-refractivity contribution in [3.63, 3.8) is 0 Å². The summed E-state index contributed by atoms with van der Waals surface area (Å²) in [5, 5.41) is 4.65. The van der Waals surface area contributed by atoms with Crippen LogP contribution in [0, 0.1) is 0 Å². The number of carbonyl (C=O) groups is 1. The van der Waals surface area contributed by atoms with Crippen LogP contribution < -0.4 is 5.32 Å². The first-order valence-corrected chi connectivity index (χ1v) is 7.09. The second-order valence-electron chi connectivity index (χ2n) is 4.11. The maximum absolute atomic E-state index is 11.9. The molecule has 1 heterocycles. The topological polar surface area (TPSA) is 38.3 Å². The highest BCUT2D eigenvalue weighted by Crippen LogP contribution is 2.32. The van der Waals surface area contributed by atoms with Crippen molar-refractivity contribution in [3.8, 4) is 0 Å². The molecule has 96 valence electrons. The van der Waals surface area contributed by atoms with Crippen molar-refractivity contribution in [1.82, 2.24) is 0 Å². The summed E-state index contributed by atoms with van der Waals surface area (Å²) < 4.78 is 5.54. The van der Waals surface area contributed by atoms with E-state index in [2.05, 4.69) is 12.2 Å². The predicted molar refractivity (Wildman–Crippen MR) is 74.5 cm³/mol. The highest BCUT2D eigenvalue weighted by molar-refractivity contribution is 8.02. The molecule has 0 bridgehead atoms. The second kappa shape index (κ2) is 6.50. The molecule has 0 atom stereocenters. The lowest BCUT2D eigenvalue weighted by Crippen LogP contribution is -2.16. The van der Waals surface area contributed by atoms with E-state index in [0.29, 0.717) is 12.4 Å². The first kappa shape index (κ1) is 13.0. The fraction of sp³-hybridized carbons (Fsp3) is 0.357. The molecule has 0 fully saturated rings. The number of hydrogen-bond acceptors (Lipinski definition) is 3. The summed E-state index contributed by atoms with van der Waals surface area (Å²) in [6, 6.07) is 7.75. The summed E-state index contributed by atoms with van der Waals surface area (Å²) >= 11 is 1.51. The van der Waals surface area contributed by atoms with E-state index in [1.807, 2.05) is 24.3 Å². The molecule has 0 radical (unpaired) electrons. The number of rotatable bonds is 5. The third-order valence-electron chi connectivity index (χ3n) is 2.66. The number of unbranched alkanes of at least 4 members (excludes halogenated alkanes) is 2. The number of nitrogens with one attached hydrogen (secondary N) is 1. The molecule has 0 aromatic heterocycles. The van der Waals surface area contributed by atoms with E-state index in [-0.39, 0.29) is 5.91 Å². The first-order chi connectivity index (χ1) is 8.81. The zero-order valence-corrected chi connectivity index (χ0v) is 11.3. The van der Waals surface area contributed by atoms with Gasteiger partial charge in [0.1, 0.15) is 0 Å². The minimum Gasteiger partial charge on any atom is -0.487 e. The lowest BCUT2D eigenvalue weighted by Gasteiger charge is -2.08. The molecule has 3 nitrogen and oxygen atoms in total. The van der Waals surface area contributed by atoms with Gasteiger partial charge in [-0.05, 0) is 18.6 Å². The van der Waals surface area contributed by atoms with Crippen molar-refractivity contribution < 1.29 is 9.53 Å². The largest absolute Gasteiger partial charge is 0.487 e. The van der Waals surface area contributed by atoms with Gasteiger partial charge in [0.2, 0.25) is 0 Å². The Balaban J connectivity index is 1.98. The zero-order valence-electron chi connectivity index (χ0n) is 10.4. The summed E-state index contributed by atoms with van der Waals surface area (Å²) in [5.41, 5.74) is 0.843. The van der Waals surface area contributed by atoms with E-state index < -0.39 is 0 Å². The van der Waals surface area contributed by atoms with E-state index in [4.69, 9.17) is 4.74 Å². The molecule has 0 unspecified atom stereocenters. The number of thioether (sulfide) groups is 1. The Bertz CT molecular complexity index is 457. The molecule has 1 aliphatic rings. The number of anilines is 1. The van der Waals surface area contributed by atoms with Crippen LogP contribution in [0.15, 0.2) is 40.3 Å². The summed E-state index contributed by atoms with van der Waals surface area (Å²) in [7, 11) is 0. The van der Waals surface area contributed by atoms with E-state index >= 15 is 0 Å². The standard InChI is InChI=1S/C14H17NO2S/c1-2-3-6-9-17-12-10-18-13-8-5-4-7-11(13)15-14(12)16/h4-5,7-8,10H,2-3,6,9H2,1H3,(H,15,16). The highest BCUT2D eigenvalue weighted by Gasteiger charge is 2.17. The van der Waals surface area contributed by atoms with Gasteiger partial charge >= 0.3 is 0 Å². The molecule has 1 aliphatic heterocycles. The molecule has 18 heavy (non-hydrogen) atoms. The number of ether oxygens (including phenoxy) is 1. The number of hydrogen-bond donors (Lipinski definition) is 1. The smallest absolute Gasteiger partial charge is 0.291 e. The number of amides is 1. The number of fused-ring (bicyclic) bond motifs is 1. The Labute approximate surface area is 112 Å². The van der Waals surface area contributed by atoms with E-state index in [9.17, 15) is 4.79 Å². The van der Waals surface area contributed by atoms with Crippen LogP contribution in [0.5, 0.6) is 0 Å². The lowest BCUT2D eigenvalue weighted by molar-refractivity contribution is -0.116. The Morgan fingerprint density at radius 3 is 2.94 bits per heavy atom. The molecule has 0 saturated heterocycles. The van der Waals surface area contributed by atoms with Gasteiger partial charge in [0, 0.05) is 10.3 Å². The Morgan fingerprint density at radius 2 is 2.11 bits per heavy atom. The van der Waals surface area contributed by atoms with Gasteiger partial charge in [-0.3, -0.25) is 4.79 Å². The fourth-order valence-corrected chi connectivity index (χ4v) is 2.47. The normalized spacial score (nSPS) is 14.3. The summed E-state index contributed by atoms with van der Waals surface area (Å²) in [6.07, 6.45) is 3.26. The highest BCUT2D eigenvalue weighted by atomic mass is 32.2. The van der Waals surface area contributed by atoms with Gasteiger partial charge in [-0.2, -0.15) is 0 Å². The number of para-hydroxylation sites is 1. The molecule has 1 aromatic rings. The summed E-state index contributed by atoms with van der Waals surface area (Å²) in [5.74, 6) is 0.247. The van der Waals surface area contributed by atoms with Gasteiger partial charge in [-0.15, -0.1) is 0 Å². The van der Waals surface area contributed by atoms with E-state index in [1.165, 1.54) is 11.8 Å². The molecule has 2 rings (SSSR count). The van der Waals surface area contributed by atoms with Crippen LogP contribution in [0.2, 0.25) is 0 Å². The number of benzene rings is 1. The zero-order chi connectivity index (χ0) is 12.8. The van der Waals surface area contributed by atoms with Gasteiger partial charge in [-0.1, -0.05) is 43.7 Å². The van der Waals surface area contributed by atoms with Crippen LogP contribution >= 0.6 is 11.8 Å². The molecular weight excluding hydrogens is 246 g/mol. The number of carbonyl (C=O) groups excluding carboxylic acids is 1. The van der Waals surface area contributed by atoms with Crippen molar-refractivity contribution in [3.05, 3.63) is 35.4 Å². The van der Waals surface area contributed by atoms with Gasteiger partial charge < -0.3 is 10.1 Å². The fourth-order valence-electron chi connectivity index (χ4n) is 1.66. The maximum Gasteiger partial charge on any atom is 0.291 e. The van der Waals surface area contributed by atoms with E-state index in [0.717, 1.165) is 29.8 Å². The van der Waals surface area contributed by atoms with Gasteiger partial charge in [-0.25, -0.2) is 0 Å². The molecule has 1 amide bonds. The molecule has 1 aromatic carbocycles. The molecule has 1 N–H and O–H groups in total. The SMILES string of the molecule is CCCCCOC1=CSc2ccccc2NC1=O. The molecule has 4 heteroatoms. The minimum absolute atomic E-state index is 0.163. The summed E-state index contributed by atoms with van der Waals surface area (Å²) in [4.78, 5) is 13.0. The Morgan fingerprint density at radius 1 is 1.28 bits per heavy atom. The average molecular weight is 263 g/mol. The van der Waals surface area contributed by atoms with Crippen LogP contribution in [0.3, 0.4) is 0 Å². The summed E-state index contributed by atoms with van der Waals surface area (Å²) in [6.45, 7) is 2.74. The van der Waals surface area contributed by atoms with Gasteiger partial charge in [0.25, 0.3) is 5.91 Å². The van der Waals surface area contributed by atoms with Crippen molar-refractivity contribution >= 4 is 23.4 Å². The third-order valence-corrected chi connectivity index (χ3v) is 3.60. The van der Waals surface area contributed by atoms with Crippen molar-refractivity contribution in [2.75, 3.05) is 11.9 Å². The van der Waals surface area contributed by atoms with Gasteiger partial charge in [0.05, 0.1) is 12.3 Å². The minimum atomic E-state index is -0.163. The quantitative estimate of drug-likeness (QED) is 0.822. The predicted octanol–water partition coefficient (Wildman–Crippen LogP) is 3.78. The second-order valence-corrected chi connectivity index (χ2v) is 5.02. The van der Waals surface area contributed by atoms with Crippen LogP contribution in [0.1, 0.15) is 26.2 Å². The monoisotopic (exact) mass is 263 g/mol. The first-order valence-electron chi connectivity index (χ1n) is 6.21. The van der Waals surface area contributed by atoms with Crippen molar-refractivity contribution in [2.24, 2.45) is 0 Å². The van der Waals surface area contributed by atoms with Crippen LogP contribution in [-0.4, -0.2) is 12.5 Å². The van der Waals surface area contributed by atoms with Crippen molar-refractivity contribution in [2.45, 2.75) is 31.1 Å². The Kier molecular flexibility index (Phi) is 4.70. The maximum atomic E-state index is 11.9. The Hall–Kier alpha value is -1.42. The lowest BCUT2D eigenvalue weighted by atomic mass is 10.3. The van der Waals surface area contributed by atoms with Crippen LogP contribution in [0.4, 0.5) is 5.69 Å². The molecule has 0 saturated carbocycles. The molecule has 0 aliphatic carbocycles. The van der Waals surface area contributed by atoms with Crippen LogP contribution in [-0.2, 0) is 9.53 Å². The van der Waals surface area contributed by atoms with Crippen LogP contribution in [0.25, 0.3) is 0 Å². The van der Waals surface area contributed by atoms with Crippen molar-refractivity contribution in [1.29, 1.82) is 0 Å². The molecule has 0 spiro atoms. The molecular formula is C14H17NO2S. The van der Waals surface area contributed by atoms with Gasteiger partial charge in [0.15, 0.2) is 5.76 Å². The third kappa shape index (κ3) is 3.29. The van der Waals surface area contributed by atoms with E-state index in [1.54, 1.807) is 5.41 Å².